The van der Waals surface area contributed by atoms with Crippen LogP contribution in [0.1, 0.15) is 73.3 Å². The quantitative estimate of drug-likeness (QED) is 0.369. The molecule has 3 aromatic rings. The minimum absolute atomic E-state index is 0.0912. The molecule has 35 heavy (non-hydrogen) atoms. The highest BCUT2D eigenvalue weighted by Crippen LogP contribution is 2.55. The third-order valence-electron chi connectivity index (χ3n) is 8.52. The minimum Gasteiger partial charge on any atom is -0.489 e. The molecule has 3 unspecified atom stereocenters. The summed E-state index contributed by atoms with van der Waals surface area (Å²) in [4.78, 5) is 0. The second-order valence-electron chi connectivity index (χ2n) is 10.8. The first-order valence-electron chi connectivity index (χ1n) is 13.3. The molecule has 0 radical (unpaired) electrons. The van der Waals surface area contributed by atoms with Crippen molar-refractivity contribution < 1.29 is 9.84 Å². The summed E-state index contributed by atoms with van der Waals surface area (Å²) in [5.41, 5.74) is 6.19. The summed E-state index contributed by atoms with van der Waals surface area (Å²) in [6.45, 7) is 6.58. The zero-order chi connectivity index (χ0) is 24.3. The third-order valence-corrected chi connectivity index (χ3v) is 8.52. The van der Waals surface area contributed by atoms with E-state index in [1.807, 2.05) is 6.08 Å². The summed E-state index contributed by atoms with van der Waals surface area (Å²) in [5.74, 6) is 1.46. The molecule has 182 valence electrons. The van der Waals surface area contributed by atoms with Crippen molar-refractivity contribution in [1.82, 2.24) is 0 Å². The Bertz CT molecular complexity index is 1150. The molecule has 1 saturated carbocycles. The molecule has 2 aliphatic rings. The molecule has 3 aromatic carbocycles. The molecule has 2 nitrogen and oxygen atoms in total. The lowest BCUT2D eigenvalue weighted by atomic mass is 9.52. The molecule has 2 aliphatic carbocycles. The summed E-state index contributed by atoms with van der Waals surface area (Å²) < 4.78 is 6.22. The van der Waals surface area contributed by atoms with Crippen molar-refractivity contribution >= 4 is 6.08 Å². The van der Waals surface area contributed by atoms with Crippen molar-refractivity contribution in [1.29, 1.82) is 0 Å². The lowest BCUT2D eigenvalue weighted by molar-refractivity contribution is -0.0565. The Morgan fingerprint density at radius 3 is 2.54 bits per heavy atom. The molecule has 1 fully saturated rings. The van der Waals surface area contributed by atoms with Gasteiger partial charge in [0.15, 0.2) is 0 Å². The van der Waals surface area contributed by atoms with Crippen LogP contribution in [0.3, 0.4) is 0 Å². The maximum atomic E-state index is 11.4. The second-order valence-corrected chi connectivity index (χ2v) is 10.8. The number of benzene rings is 3. The smallest absolute Gasteiger partial charge is 0.120 e. The van der Waals surface area contributed by atoms with E-state index < -0.39 is 5.60 Å². The van der Waals surface area contributed by atoms with E-state index in [9.17, 15) is 5.11 Å². The molecule has 0 heterocycles. The Labute approximate surface area is 210 Å². The maximum Gasteiger partial charge on any atom is 0.120 e. The van der Waals surface area contributed by atoms with E-state index >= 15 is 0 Å². The monoisotopic (exact) mass is 466 g/mol. The molecule has 1 N–H and O–H groups in total. The maximum absolute atomic E-state index is 11.4. The predicted octanol–water partition coefficient (Wildman–Crippen LogP) is 7.67. The number of fused-ring (bicyclic) bond motifs is 3. The molecule has 0 bridgehead atoms. The topological polar surface area (TPSA) is 29.5 Å². The van der Waals surface area contributed by atoms with E-state index in [4.69, 9.17) is 4.74 Å². The molecule has 5 rings (SSSR count). The van der Waals surface area contributed by atoms with Crippen molar-refractivity contribution in [3.05, 3.63) is 107 Å². The minimum atomic E-state index is -0.499. The first-order chi connectivity index (χ1) is 17.0. The lowest BCUT2D eigenvalue weighted by Gasteiger charge is -2.53. The van der Waals surface area contributed by atoms with Crippen LogP contribution < -0.4 is 4.74 Å². The van der Waals surface area contributed by atoms with Gasteiger partial charge in [0.1, 0.15) is 12.4 Å². The van der Waals surface area contributed by atoms with Gasteiger partial charge in [0, 0.05) is 5.41 Å². The van der Waals surface area contributed by atoms with Crippen LogP contribution in [0.4, 0.5) is 0 Å². The van der Waals surface area contributed by atoms with Crippen LogP contribution in [0, 0.1) is 5.92 Å². The molecule has 0 spiro atoms. The van der Waals surface area contributed by atoms with Crippen LogP contribution in [-0.2, 0) is 24.9 Å². The van der Waals surface area contributed by atoms with Gasteiger partial charge in [-0.3, -0.25) is 0 Å². The van der Waals surface area contributed by atoms with E-state index in [-0.39, 0.29) is 5.41 Å². The Morgan fingerprint density at radius 1 is 1.00 bits per heavy atom. The van der Waals surface area contributed by atoms with E-state index in [1.165, 1.54) is 16.7 Å². The largest absolute Gasteiger partial charge is 0.489 e. The summed E-state index contributed by atoms with van der Waals surface area (Å²) in [6, 6.07) is 26.1. The van der Waals surface area contributed by atoms with Gasteiger partial charge in [-0.1, -0.05) is 86.7 Å². The Kier molecular flexibility index (Phi) is 6.84. The molecule has 0 aliphatic heterocycles. The summed E-state index contributed by atoms with van der Waals surface area (Å²) in [5, 5.41) is 11.4. The van der Waals surface area contributed by atoms with E-state index in [0.29, 0.717) is 12.5 Å². The molecular formula is C33H38O2. The molecule has 0 amide bonds. The number of hydrogen-bond donors (Lipinski definition) is 1. The van der Waals surface area contributed by atoms with Gasteiger partial charge in [-0.05, 0) is 90.8 Å². The van der Waals surface area contributed by atoms with Gasteiger partial charge in [0.2, 0.25) is 0 Å². The van der Waals surface area contributed by atoms with Crippen LogP contribution in [0.25, 0.3) is 6.08 Å². The zero-order valence-corrected chi connectivity index (χ0v) is 21.0. The number of hydrogen-bond acceptors (Lipinski definition) is 2. The predicted molar refractivity (Wildman–Crippen MR) is 145 cm³/mol. The Hall–Kier alpha value is -2.84. The lowest BCUT2D eigenvalue weighted by Crippen LogP contribution is -2.51. The van der Waals surface area contributed by atoms with Crippen LogP contribution >= 0.6 is 0 Å². The van der Waals surface area contributed by atoms with Crippen LogP contribution in [0.2, 0.25) is 0 Å². The van der Waals surface area contributed by atoms with Crippen molar-refractivity contribution in [2.75, 3.05) is 0 Å². The van der Waals surface area contributed by atoms with Gasteiger partial charge in [-0.2, -0.15) is 0 Å². The van der Waals surface area contributed by atoms with E-state index in [2.05, 4.69) is 86.3 Å². The van der Waals surface area contributed by atoms with Gasteiger partial charge in [0.25, 0.3) is 0 Å². The summed E-state index contributed by atoms with van der Waals surface area (Å²) in [7, 11) is 0. The van der Waals surface area contributed by atoms with Gasteiger partial charge < -0.3 is 9.84 Å². The van der Waals surface area contributed by atoms with Crippen molar-refractivity contribution in [3.63, 3.8) is 0 Å². The molecule has 3 atom stereocenters. The molecular weight excluding hydrogens is 428 g/mol. The van der Waals surface area contributed by atoms with E-state index in [1.54, 1.807) is 0 Å². The second kappa shape index (κ2) is 10.0. The Morgan fingerprint density at radius 2 is 1.80 bits per heavy atom. The van der Waals surface area contributed by atoms with Crippen molar-refractivity contribution in [2.24, 2.45) is 5.92 Å². The van der Waals surface area contributed by atoms with Gasteiger partial charge in [-0.15, -0.1) is 0 Å². The summed E-state index contributed by atoms with van der Waals surface area (Å²) in [6.07, 6.45) is 9.92. The third kappa shape index (κ3) is 4.95. The number of rotatable bonds is 8. The number of aryl methyl sites for hydroxylation is 1. The van der Waals surface area contributed by atoms with Crippen LogP contribution in [0.5, 0.6) is 5.75 Å². The molecule has 0 aromatic heterocycles. The normalized spacial score (nSPS) is 25.4. The highest BCUT2D eigenvalue weighted by Gasteiger charge is 2.51. The van der Waals surface area contributed by atoms with Gasteiger partial charge in [-0.25, -0.2) is 0 Å². The van der Waals surface area contributed by atoms with Crippen molar-refractivity contribution in [3.8, 4) is 5.75 Å². The average Bonchev–Trinajstić information content (AvgIpc) is 2.89. The first kappa shape index (κ1) is 23.9. The number of ether oxygens (including phenoxy) is 1. The fourth-order valence-corrected chi connectivity index (χ4v) is 6.73. The highest BCUT2D eigenvalue weighted by molar-refractivity contribution is 5.47. The van der Waals surface area contributed by atoms with Crippen LogP contribution in [0.15, 0.2) is 79.4 Å². The van der Waals surface area contributed by atoms with E-state index in [0.717, 1.165) is 68.2 Å². The SMILES string of the molecule is C=Cc1ccc(COc2ccc3c(c2)CCC2CC(O)(CCC)CCC32Cc2ccccc2)cc1. The summed E-state index contributed by atoms with van der Waals surface area (Å²) >= 11 is 0. The first-order valence-corrected chi connectivity index (χ1v) is 13.3. The molecule has 2 heteroatoms. The fraction of sp³-hybridized carbons (Fsp3) is 0.394. The highest BCUT2D eigenvalue weighted by atomic mass is 16.5. The average molecular weight is 467 g/mol. The number of aliphatic hydroxyl groups is 1. The Balaban J connectivity index is 1.42. The zero-order valence-electron chi connectivity index (χ0n) is 21.0. The van der Waals surface area contributed by atoms with Gasteiger partial charge >= 0.3 is 0 Å². The standard InChI is InChI=1S/C33H38O2/c1-3-18-32(34)19-20-33(22-26-8-6-5-7-9-26)29(23-32)15-14-28-21-30(16-17-31(28)33)35-24-27-12-10-25(4-2)11-13-27/h4-13,16-17,21,29,34H,2-3,14-15,18-20,22-24H2,1H3. The van der Waals surface area contributed by atoms with Crippen LogP contribution in [-0.4, -0.2) is 10.7 Å². The fourth-order valence-electron chi connectivity index (χ4n) is 6.73. The van der Waals surface area contributed by atoms with Crippen molar-refractivity contribution in [2.45, 2.75) is 75.9 Å². The van der Waals surface area contributed by atoms with Gasteiger partial charge in [0.05, 0.1) is 5.60 Å². The molecule has 0 saturated heterocycles.